The van der Waals surface area contributed by atoms with Crippen molar-refractivity contribution in [3.05, 3.63) is 77.4 Å². The van der Waals surface area contributed by atoms with E-state index in [0.29, 0.717) is 17.6 Å². The molecule has 0 atom stereocenters. The summed E-state index contributed by atoms with van der Waals surface area (Å²) in [4.78, 5) is 0. The van der Waals surface area contributed by atoms with Gasteiger partial charge in [0.15, 0.2) is 0 Å². The summed E-state index contributed by atoms with van der Waals surface area (Å²) < 4.78 is 0. The van der Waals surface area contributed by atoms with Crippen LogP contribution in [-0.2, 0) is 10.8 Å². The average molecular weight is 427 g/mol. The molecule has 0 spiro atoms. The van der Waals surface area contributed by atoms with Crippen LogP contribution < -0.4 is 0 Å². The van der Waals surface area contributed by atoms with Crippen molar-refractivity contribution in [2.75, 3.05) is 0 Å². The summed E-state index contributed by atoms with van der Waals surface area (Å²) in [7, 11) is 0. The minimum atomic E-state index is 0.0154. The van der Waals surface area contributed by atoms with E-state index in [1.807, 2.05) is 12.1 Å². The third-order valence-electron chi connectivity index (χ3n) is 6.95. The molecule has 0 amide bonds. The van der Waals surface area contributed by atoms with Crippen molar-refractivity contribution in [2.45, 2.75) is 72.1 Å². The van der Waals surface area contributed by atoms with E-state index in [2.05, 4.69) is 97.0 Å². The lowest BCUT2D eigenvalue weighted by atomic mass is 9.67. The van der Waals surface area contributed by atoms with Crippen molar-refractivity contribution >= 4 is 0 Å². The maximum atomic E-state index is 10.8. The Morgan fingerprint density at radius 2 is 1.34 bits per heavy atom. The summed E-state index contributed by atoms with van der Waals surface area (Å²) >= 11 is 0. The van der Waals surface area contributed by atoms with Crippen molar-refractivity contribution in [1.82, 2.24) is 0 Å². The molecule has 1 aliphatic rings. The molecule has 1 N–H and O–H groups in total. The number of rotatable bonds is 5. The molecule has 4 rings (SSSR count). The van der Waals surface area contributed by atoms with E-state index in [1.54, 1.807) is 0 Å². The lowest BCUT2D eigenvalue weighted by Gasteiger charge is -2.36. The van der Waals surface area contributed by atoms with Crippen LogP contribution in [-0.4, -0.2) is 5.11 Å². The Bertz CT molecular complexity index is 1120. The van der Waals surface area contributed by atoms with Crippen LogP contribution in [0.3, 0.4) is 0 Å². The first-order valence-corrected chi connectivity index (χ1v) is 12.1. The van der Waals surface area contributed by atoms with Gasteiger partial charge in [0.1, 0.15) is 5.75 Å². The van der Waals surface area contributed by atoms with Gasteiger partial charge in [-0.2, -0.15) is 0 Å². The zero-order valence-electron chi connectivity index (χ0n) is 20.8. The number of fused-ring (bicyclic) bond motifs is 3. The first-order chi connectivity index (χ1) is 15.0. The molecule has 0 bridgehead atoms. The number of phenolic OH excluding ortho intramolecular Hbond substituents is 1. The van der Waals surface area contributed by atoms with E-state index in [1.165, 1.54) is 27.8 Å². The van der Waals surface area contributed by atoms with Crippen LogP contribution in [0.1, 0.15) is 78.0 Å². The normalized spacial score (nSPS) is 14.7. The predicted octanol–water partition coefficient (Wildman–Crippen LogP) is 8.72. The van der Waals surface area contributed by atoms with Crippen molar-refractivity contribution in [2.24, 2.45) is 11.8 Å². The molecule has 0 saturated carbocycles. The summed E-state index contributed by atoms with van der Waals surface area (Å²) in [5.41, 5.74) is 8.97. The highest BCUT2D eigenvalue weighted by atomic mass is 16.3. The minimum absolute atomic E-state index is 0.0154. The molecule has 0 aliphatic heterocycles. The fourth-order valence-electron chi connectivity index (χ4n) is 5.77. The number of benzene rings is 3. The van der Waals surface area contributed by atoms with Gasteiger partial charge in [-0.3, -0.25) is 0 Å². The van der Waals surface area contributed by atoms with Gasteiger partial charge in [-0.25, -0.2) is 0 Å². The maximum absolute atomic E-state index is 10.8. The van der Waals surface area contributed by atoms with Gasteiger partial charge in [0.05, 0.1) is 0 Å². The standard InChI is InChI=1S/C31H38O/c1-20(2)18-31(19-21(3)4)27-11-9-8-10-24(27)25-14-12-22(16-28(25)31)26-17-23(30(5,6)7)13-15-29(26)32/h8-17,20-21,32H,18-19H2,1-7H3. The Morgan fingerprint density at radius 3 is 1.97 bits per heavy atom. The van der Waals surface area contributed by atoms with Crippen LogP contribution in [0.4, 0.5) is 0 Å². The number of hydrogen-bond acceptors (Lipinski definition) is 1. The van der Waals surface area contributed by atoms with Gasteiger partial charge >= 0.3 is 0 Å². The SMILES string of the molecule is CC(C)CC1(CC(C)C)c2ccccc2-c2ccc(-c3cc(C(C)(C)C)ccc3O)cc21. The number of phenols is 1. The molecular formula is C31H38O. The molecule has 0 fully saturated rings. The molecule has 32 heavy (non-hydrogen) atoms. The summed E-state index contributed by atoms with van der Waals surface area (Å²) in [6.45, 7) is 16.0. The molecule has 0 saturated heterocycles. The molecule has 0 radical (unpaired) electrons. The number of hydrogen-bond donors (Lipinski definition) is 1. The monoisotopic (exact) mass is 426 g/mol. The van der Waals surface area contributed by atoms with Gasteiger partial charge in [-0.15, -0.1) is 0 Å². The van der Waals surface area contributed by atoms with Crippen LogP contribution >= 0.6 is 0 Å². The maximum Gasteiger partial charge on any atom is 0.123 e. The predicted molar refractivity (Wildman–Crippen MR) is 137 cm³/mol. The molecule has 3 aromatic rings. The van der Waals surface area contributed by atoms with Crippen molar-refractivity contribution in [3.8, 4) is 28.0 Å². The zero-order chi connectivity index (χ0) is 23.3. The Morgan fingerprint density at radius 1 is 0.719 bits per heavy atom. The molecule has 3 aromatic carbocycles. The van der Waals surface area contributed by atoms with Crippen molar-refractivity contribution in [3.63, 3.8) is 0 Å². The second-order valence-electron chi connectivity index (χ2n) is 11.6. The van der Waals surface area contributed by atoms with Crippen LogP contribution in [0.15, 0.2) is 60.7 Å². The van der Waals surface area contributed by atoms with Crippen LogP contribution in [0.5, 0.6) is 5.75 Å². The molecule has 0 aromatic heterocycles. The minimum Gasteiger partial charge on any atom is -0.507 e. The smallest absolute Gasteiger partial charge is 0.123 e. The van der Waals surface area contributed by atoms with Crippen LogP contribution in [0.25, 0.3) is 22.3 Å². The van der Waals surface area contributed by atoms with E-state index in [0.717, 1.165) is 24.0 Å². The van der Waals surface area contributed by atoms with Gasteiger partial charge in [0.25, 0.3) is 0 Å². The molecule has 168 valence electrons. The van der Waals surface area contributed by atoms with Crippen LogP contribution in [0, 0.1) is 11.8 Å². The molecular weight excluding hydrogens is 388 g/mol. The van der Waals surface area contributed by atoms with Gasteiger partial charge in [-0.05, 0) is 81.7 Å². The van der Waals surface area contributed by atoms with E-state index in [-0.39, 0.29) is 10.8 Å². The Labute approximate surface area is 194 Å². The highest BCUT2D eigenvalue weighted by Gasteiger charge is 2.43. The molecule has 1 heteroatoms. The zero-order valence-corrected chi connectivity index (χ0v) is 20.8. The Balaban J connectivity index is 1.96. The van der Waals surface area contributed by atoms with Gasteiger partial charge in [0.2, 0.25) is 0 Å². The van der Waals surface area contributed by atoms with Crippen LogP contribution in [0.2, 0.25) is 0 Å². The summed E-state index contributed by atoms with van der Waals surface area (Å²) in [5, 5.41) is 10.8. The van der Waals surface area contributed by atoms with Crippen molar-refractivity contribution in [1.29, 1.82) is 0 Å². The second-order valence-corrected chi connectivity index (χ2v) is 11.6. The fraction of sp³-hybridized carbons (Fsp3) is 0.419. The second kappa shape index (κ2) is 8.10. The molecule has 1 aliphatic carbocycles. The Hall–Kier alpha value is -2.54. The fourth-order valence-corrected chi connectivity index (χ4v) is 5.77. The lowest BCUT2D eigenvalue weighted by molar-refractivity contribution is 0.337. The lowest BCUT2D eigenvalue weighted by Crippen LogP contribution is -2.29. The summed E-state index contributed by atoms with van der Waals surface area (Å²) in [5.74, 6) is 1.54. The van der Waals surface area contributed by atoms with Gasteiger partial charge in [0, 0.05) is 11.0 Å². The summed E-state index contributed by atoms with van der Waals surface area (Å²) in [6.07, 6.45) is 2.26. The van der Waals surface area contributed by atoms with E-state index >= 15 is 0 Å². The third-order valence-corrected chi connectivity index (χ3v) is 6.95. The van der Waals surface area contributed by atoms with Crippen molar-refractivity contribution < 1.29 is 5.11 Å². The molecule has 0 heterocycles. The summed E-state index contributed by atoms with van der Waals surface area (Å²) in [6, 6.07) is 21.9. The topological polar surface area (TPSA) is 20.2 Å². The first kappa shape index (κ1) is 22.6. The first-order valence-electron chi connectivity index (χ1n) is 12.1. The Kier molecular flexibility index (Phi) is 5.74. The largest absolute Gasteiger partial charge is 0.507 e. The molecule has 0 unspecified atom stereocenters. The van der Waals surface area contributed by atoms with E-state index < -0.39 is 0 Å². The number of aromatic hydroxyl groups is 1. The van der Waals surface area contributed by atoms with Gasteiger partial charge in [-0.1, -0.05) is 90.9 Å². The quantitative estimate of drug-likeness (QED) is 0.432. The van der Waals surface area contributed by atoms with E-state index in [4.69, 9.17) is 0 Å². The van der Waals surface area contributed by atoms with E-state index in [9.17, 15) is 5.11 Å². The van der Waals surface area contributed by atoms with Gasteiger partial charge < -0.3 is 5.11 Å². The average Bonchev–Trinajstić information content (AvgIpc) is 2.96. The highest BCUT2D eigenvalue weighted by Crippen LogP contribution is 2.55. The highest BCUT2D eigenvalue weighted by molar-refractivity contribution is 5.85. The third kappa shape index (κ3) is 3.87. The molecule has 1 nitrogen and oxygen atoms in total.